The number of carboxylic acid groups (broad SMARTS) is 1. The van der Waals surface area contributed by atoms with Crippen molar-refractivity contribution in [1.29, 1.82) is 5.26 Å². The number of thioether (sulfide) groups is 1. The molecule has 0 spiro atoms. The first-order valence-electron chi connectivity index (χ1n) is 8.01. The van der Waals surface area contributed by atoms with E-state index in [0.29, 0.717) is 11.3 Å². The number of oxime groups is 1. The fourth-order valence-corrected chi connectivity index (χ4v) is 4.62. The number of anilines is 1. The molecule has 0 aromatic carbocycles. The first-order valence-corrected chi connectivity index (χ1v) is 9.94. The van der Waals surface area contributed by atoms with E-state index in [1.807, 2.05) is 0 Å². The second-order valence-corrected chi connectivity index (χ2v) is 7.68. The Labute approximate surface area is 172 Å². The van der Waals surface area contributed by atoms with Gasteiger partial charge in [-0.25, -0.2) is 9.78 Å². The summed E-state index contributed by atoms with van der Waals surface area (Å²) in [6, 6.07) is 0.761. The molecule has 0 saturated carbocycles. The van der Waals surface area contributed by atoms with Crippen LogP contribution in [0.25, 0.3) is 0 Å². The molecule has 1 aromatic rings. The molecule has 4 N–H and O–H groups in total. The number of fused-ring (bicyclic) bond motifs is 1. The molecule has 11 nitrogen and oxygen atoms in total. The fraction of sp³-hybridized carbons (Fsp3) is 0.250. The summed E-state index contributed by atoms with van der Waals surface area (Å²) in [5.41, 5.74) is 5.75. The number of nitrogens with zero attached hydrogens (tertiary/aromatic N) is 4. The third-order valence-electron chi connectivity index (χ3n) is 4.00. The Bertz CT molecular complexity index is 994. The number of nitrogens with one attached hydrogen (secondary N) is 1. The summed E-state index contributed by atoms with van der Waals surface area (Å²) < 4.78 is 0. The number of amides is 2. The van der Waals surface area contributed by atoms with Crippen molar-refractivity contribution < 1.29 is 24.3 Å². The summed E-state index contributed by atoms with van der Waals surface area (Å²) in [6.45, 7) is 3.19. The number of thiazole rings is 1. The van der Waals surface area contributed by atoms with Gasteiger partial charge in [0.05, 0.1) is 0 Å². The number of aliphatic carboxylic acids is 1. The molecule has 3 rings (SSSR count). The van der Waals surface area contributed by atoms with Crippen LogP contribution in [0.3, 0.4) is 0 Å². The number of β-lactam (4-membered cyclic amide) rings is 1. The zero-order valence-electron chi connectivity index (χ0n) is 14.7. The smallest absolute Gasteiger partial charge is 0.352 e. The SMILES string of the molecule is C=CC1=C(C(=O)O)N2C(=O)C(NC(=O)C(=NOCC#N)c3csc(N)n3)[C@H]2SC1. The van der Waals surface area contributed by atoms with Crippen molar-refractivity contribution in [2.75, 3.05) is 18.1 Å². The molecular formula is C16H14N6O5S2. The van der Waals surface area contributed by atoms with Crippen LogP contribution in [0.5, 0.6) is 0 Å². The van der Waals surface area contributed by atoms with E-state index in [-0.39, 0.29) is 28.8 Å². The van der Waals surface area contributed by atoms with Crippen LogP contribution in [0.4, 0.5) is 5.13 Å². The van der Waals surface area contributed by atoms with Gasteiger partial charge in [0.2, 0.25) is 6.61 Å². The number of rotatable bonds is 7. The van der Waals surface area contributed by atoms with Gasteiger partial charge in [-0.15, -0.1) is 23.1 Å². The molecule has 1 saturated heterocycles. The molecule has 2 amide bonds. The zero-order valence-corrected chi connectivity index (χ0v) is 16.3. The normalized spacial score (nSPS) is 21.0. The lowest BCUT2D eigenvalue weighted by Crippen LogP contribution is -2.71. The van der Waals surface area contributed by atoms with Crippen LogP contribution in [0.2, 0.25) is 0 Å². The molecule has 13 heteroatoms. The number of hydrogen-bond donors (Lipinski definition) is 3. The Morgan fingerprint density at radius 3 is 2.97 bits per heavy atom. The highest BCUT2D eigenvalue weighted by Gasteiger charge is 2.54. The number of nitrogen functional groups attached to an aromatic ring is 1. The number of carboxylic acids is 1. The molecule has 3 heterocycles. The van der Waals surface area contributed by atoms with Gasteiger partial charge in [0.15, 0.2) is 10.8 Å². The molecule has 0 radical (unpaired) electrons. The van der Waals surface area contributed by atoms with Crippen molar-refractivity contribution in [1.82, 2.24) is 15.2 Å². The molecule has 1 unspecified atom stereocenters. The van der Waals surface area contributed by atoms with E-state index in [2.05, 4.69) is 22.0 Å². The minimum atomic E-state index is -1.24. The Morgan fingerprint density at radius 2 is 2.38 bits per heavy atom. The third-order valence-corrected chi connectivity index (χ3v) is 5.97. The summed E-state index contributed by atoms with van der Waals surface area (Å²) in [7, 11) is 0. The molecule has 29 heavy (non-hydrogen) atoms. The van der Waals surface area contributed by atoms with E-state index in [4.69, 9.17) is 15.8 Å². The van der Waals surface area contributed by atoms with Crippen LogP contribution in [-0.4, -0.2) is 62.3 Å². The summed E-state index contributed by atoms with van der Waals surface area (Å²) in [5, 5.41) is 25.3. The predicted octanol–water partition coefficient (Wildman–Crippen LogP) is -0.106. The van der Waals surface area contributed by atoms with Crippen molar-refractivity contribution in [2.24, 2.45) is 5.16 Å². The topological polar surface area (TPSA) is 171 Å². The number of allylic oxidation sites excluding steroid dienone is 1. The molecule has 2 aliphatic rings. The first-order chi connectivity index (χ1) is 13.9. The molecule has 2 aliphatic heterocycles. The zero-order chi connectivity index (χ0) is 21.1. The molecule has 0 aliphatic carbocycles. The van der Waals surface area contributed by atoms with Crippen molar-refractivity contribution in [3.8, 4) is 6.07 Å². The van der Waals surface area contributed by atoms with Crippen LogP contribution < -0.4 is 11.1 Å². The minimum Gasteiger partial charge on any atom is -0.477 e. The van der Waals surface area contributed by atoms with Crippen LogP contribution in [0.1, 0.15) is 5.69 Å². The molecular weight excluding hydrogens is 420 g/mol. The van der Waals surface area contributed by atoms with Gasteiger partial charge in [0.1, 0.15) is 28.9 Å². The van der Waals surface area contributed by atoms with Crippen molar-refractivity contribution in [2.45, 2.75) is 11.4 Å². The second-order valence-electron chi connectivity index (χ2n) is 5.69. The predicted molar refractivity (Wildman–Crippen MR) is 105 cm³/mol. The summed E-state index contributed by atoms with van der Waals surface area (Å²) in [4.78, 5) is 46.7. The number of carbonyl (C=O) groups is 3. The summed E-state index contributed by atoms with van der Waals surface area (Å²) >= 11 is 2.38. The monoisotopic (exact) mass is 434 g/mol. The highest BCUT2D eigenvalue weighted by Crippen LogP contribution is 2.40. The maximum absolute atomic E-state index is 12.7. The Kier molecular flexibility index (Phi) is 5.85. The van der Waals surface area contributed by atoms with E-state index in [9.17, 15) is 19.5 Å². The molecule has 150 valence electrons. The van der Waals surface area contributed by atoms with Crippen molar-refractivity contribution in [3.05, 3.63) is 35.0 Å². The number of nitriles is 1. The number of carbonyl (C=O) groups excluding carboxylic acids is 2. The van der Waals surface area contributed by atoms with Crippen molar-refractivity contribution >= 4 is 51.7 Å². The van der Waals surface area contributed by atoms with Crippen LogP contribution in [-0.2, 0) is 19.2 Å². The Morgan fingerprint density at radius 1 is 1.62 bits per heavy atom. The average molecular weight is 434 g/mol. The van der Waals surface area contributed by atoms with E-state index < -0.39 is 29.2 Å². The van der Waals surface area contributed by atoms with Crippen LogP contribution in [0.15, 0.2) is 34.5 Å². The lowest BCUT2D eigenvalue weighted by Gasteiger charge is -2.49. The van der Waals surface area contributed by atoms with Crippen LogP contribution in [0, 0.1) is 11.3 Å². The quantitative estimate of drug-likeness (QED) is 0.229. The third kappa shape index (κ3) is 3.80. The maximum atomic E-state index is 12.7. The van der Waals surface area contributed by atoms with Gasteiger partial charge in [0, 0.05) is 11.1 Å². The molecule has 0 bridgehead atoms. The molecule has 2 atom stereocenters. The van der Waals surface area contributed by atoms with E-state index in [0.717, 1.165) is 16.2 Å². The van der Waals surface area contributed by atoms with Gasteiger partial charge in [-0.2, -0.15) is 5.26 Å². The average Bonchev–Trinajstić information content (AvgIpc) is 3.13. The number of aromatic nitrogens is 1. The standard InChI is InChI=1S/C16H14N6O5S2/c1-2-7-5-28-14-10(13(24)22(14)11(7)15(25)26)20-12(23)9(21-27-4-3-17)8-6-29-16(18)19-8/h2,6,10,14H,1,4-5H2,(H2,18,19)(H,20,23)(H,25,26)/t10?,14-/m1/s1. The highest BCUT2D eigenvalue weighted by atomic mass is 32.2. The lowest BCUT2D eigenvalue weighted by molar-refractivity contribution is -0.150. The number of hydrogen-bond acceptors (Lipinski definition) is 10. The largest absolute Gasteiger partial charge is 0.477 e. The molecule has 1 fully saturated rings. The lowest BCUT2D eigenvalue weighted by atomic mass is 10.0. The minimum absolute atomic E-state index is 0.128. The van der Waals surface area contributed by atoms with Gasteiger partial charge in [-0.3, -0.25) is 14.5 Å². The highest BCUT2D eigenvalue weighted by molar-refractivity contribution is 8.00. The van der Waals surface area contributed by atoms with Gasteiger partial charge < -0.3 is 21.0 Å². The maximum Gasteiger partial charge on any atom is 0.352 e. The van der Waals surface area contributed by atoms with Gasteiger partial charge in [0.25, 0.3) is 11.8 Å². The van der Waals surface area contributed by atoms with Gasteiger partial charge in [-0.1, -0.05) is 17.8 Å². The van der Waals surface area contributed by atoms with Gasteiger partial charge in [-0.05, 0) is 5.57 Å². The van der Waals surface area contributed by atoms with Gasteiger partial charge >= 0.3 is 5.97 Å². The van der Waals surface area contributed by atoms with E-state index in [1.165, 1.54) is 23.2 Å². The summed E-state index contributed by atoms with van der Waals surface area (Å²) in [6.07, 6.45) is 1.40. The van der Waals surface area contributed by atoms with Crippen LogP contribution >= 0.6 is 23.1 Å². The number of nitrogens with two attached hydrogens (primary N) is 1. The first kappa shape index (κ1) is 20.4. The fourth-order valence-electron chi connectivity index (χ4n) is 2.74. The van der Waals surface area contributed by atoms with Crippen molar-refractivity contribution in [3.63, 3.8) is 0 Å². The Hall–Kier alpha value is -3.37. The van der Waals surface area contributed by atoms with E-state index >= 15 is 0 Å². The van der Waals surface area contributed by atoms with E-state index in [1.54, 1.807) is 6.07 Å². The second kappa shape index (κ2) is 8.33. The summed E-state index contributed by atoms with van der Waals surface area (Å²) in [5.74, 6) is -2.24. The molecule has 1 aromatic heterocycles. The Balaban J connectivity index is 1.80.